The third-order valence-corrected chi connectivity index (χ3v) is 2.13. The molecule has 1 unspecified atom stereocenters. The van der Waals surface area contributed by atoms with E-state index in [0.717, 1.165) is 5.56 Å². The molecule has 1 amide bonds. The lowest BCUT2D eigenvalue weighted by atomic mass is 10.1. The molecule has 0 saturated heterocycles. The maximum atomic E-state index is 10.8. The molecule has 17 heavy (non-hydrogen) atoms. The van der Waals surface area contributed by atoms with Crippen molar-refractivity contribution in [3.63, 3.8) is 0 Å². The van der Waals surface area contributed by atoms with Crippen LogP contribution in [-0.2, 0) is 14.3 Å². The van der Waals surface area contributed by atoms with E-state index in [1.54, 1.807) is 24.3 Å². The number of nitrogens with one attached hydrogen (secondary N) is 1. The van der Waals surface area contributed by atoms with Crippen LogP contribution in [0.4, 0.5) is 5.69 Å². The van der Waals surface area contributed by atoms with Gasteiger partial charge in [0.1, 0.15) is 6.61 Å². The maximum absolute atomic E-state index is 10.8. The van der Waals surface area contributed by atoms with Crippen molar-refractivity contribution in [1.29, 1.82) is 0 Å². The van der Waals surface area contributed by atoms with Crippen LogP contribution in [0.25, 0.3) is 0 Å². The number of benzene rings is 1. The summed E-state index contributed by atoms with van der Waals surface area (Å²) in [5.41, 5.74) is 7.39. The molecule has 0 aliphatic carbocycles. The second-order valence-electron chi connectivity index (χ2n) is 3.71. The molecule has 1 aromatic rings. The highest BCUT2D eigenvalue weighted by atomic mass is 16.5. The number of nitrogens with two attached hydrogens (primary N) is 1. The number of hydrogen-bond donors (Lipinski definition) is 2. The van der Waals surface area contributed by atoms with Crippen molar-refractivity contribution in [2.45, 2.75) is 19.9 Å². The van der Waals surface area contributed by atoms with E-state index in [9.17, 15) is 9.59 Å². The highest BCUT2D eigenvalue weighted by Crippen LogP contribution is 2.15. The number of esters is 1. The Morgan fingerprint density at radius 2 is 1.88 bits per heavy atom. The van der Waals surface area contributed by atoms with E-state index in [2.05, 4.69) is 5.32 Å². The van der Waals surface area contributed by atoms with Crippen LogP contribution >= 0.6 is 0 Å². The fraction of sp³-hybridized carbons (Fsp3) is 0.333. The smallest absolute Gasteiger partial charge is 0.302 e. The first-order valence-corrected chi connectivity index (χ1v) is 5.25. The fourth-order valence-corrected chi connectivity index (χ4v) is 1.32. The first kappa shape index (κ1) is 13.2. The van der Waals surface area contributed by atoms with Gasteiger partial charge < -0.3 is 15.8 Å². The summed E-state index contributed by atoms with van der Waals surface area (Å²) in [6.07, 6.45) is 0. The summed E-state index contributed by atoms with van der Waals surface area (Å²) in [4.78, 5) is 21.4. The maximum Gasteiger partial charge on any atom is 0.302 e. The lowest BCUT2D eigenvalue weighted by Gasteiger charge is -2.12. The summed E-state index contributed by atoms with van der Waals surface area (Å²) in [6, 6.07) is 6.73. The molecule has 3 N–H and O–H groups in total. The minimum Gasteiger partial charge on any atom is -0.464 e. The lowest BCUT2D eigenvalue weighted by molar-refractivity contribution is -0.141. The molecule has 0 fully saturated rings. The number of carbonyl (C=O) groups is 2. The van der Waals surface area contributed by atoms with Crippen LogP contribution in [0.15, 0.2) is 24.3 Å². The second-order valence-corrected chi connectivity index (χ2v) is 3.71. The minimum atomic E-state index is -0.356. The third kappa shape index (κ3) is 4.65. The van der Waals surface area contributed by atoms with Crippen LogP contribution in [0, 0.1) is 0 Å². The first-order chi connectivity index (χ1) is 7.99. The Balaban J connectivity index is 2.60. The van der Waals surface area contributed by atoms with Gasteiger partial charge in [-0.3, -0.25) is 9.59 Å². The molecular formula is C12H16N2O3. The molecule has 0 spiro atoms. The van der Waals surface area contributed by atoms with E-state index < -0.39 is 0 Å². The summed E-state index contributed by atoms with van der Waals surface area (Å²) in [6.45, 7) is 2.93. The Hall–Kier alpha value is -1.88. The largest absolute Gasteiger partial charge is 0.464 e. The highest BCUT2D eigenvalue weighted by molar-refractivity contribution is 5.88. The topological polar surface area (TPSA) is 81.4 Å². The van der Waals surface area contributed by atoms with E-state index in [1.807, 2.05) is 0 Å². The Morgan fingerprint density at radius 3 is 2.35 bits per heavy atom. The van der Waals surface area contributed by atoms with Gasteiger partial charge in [-0.1, -0.05) is 12.1 Å². The van der Waals surface area contributed by atoms with E-state index in [-0.39, 0.29) is 24.5 Å². The molecule has 92 valence electrons. The summed E-state index contributed by atoms with van der Waals surface area (Å²) in [5, 5.41) is 2.66. The summed E-state index contributed by atoms with van der Waals surface area (Å²) in [5.74, 6) is -0.475. The Labute approximate surface area is 99.9 Å². The SMILES string of the molecule is CC(=O)Nc1ccc(C(N)COC(C)=O)cc1. The summed E-state index contributed by atoms with van der Waals surface area (Å²) in [7, 11) is 0. The number of anilines is 1. The van der Waals surface area contributed by atoms with Gasteiger partial charge in [-0.25, -0.2) is 0 Å². The quantitative estimate of drug-likeness (QED) is 0.770. The molecule has 1 atom stereocenters. The van der Waals surface area contributed by atoms with Crippen molar-refractivity contribution < 1.29 is 14.3 Å². The molecule has 0 aliphatic rings. The van der Waals surface area contributed by atoms with Crippen LogP contribution in [0.3, 0.4) is 0 Å². The van der Waals surface area contributed by atoms with Crippen LogP contribution in [0.5, 0.6) is 0 Å². The zero-order valence-corrected chi connectivity index (χ0v) is 9.90. The van der Waals surface area contributed by atoms with Gasteiger partial charge in [-0.05, 0) is 17.7 Å². The highest BCUT2D eigenvalue weighted by Gasteiger charge is 2.07. The van der Waals surface area contributed by atoms with E-state index in [4.69, 9.17) is 10.5 Å². The molecule has 5 nitrogen and oxygen atoms in total. The number of amides is 1. The Kier molecular flexibility index (Phi) is 4.66. The van der Waals surface area contributed by atoms with Crippen molar-refractivity contribution >= 4 is 17.6 Å². The predicted octanol–water partition coefficient (Wildman–Crippen LogP) is 1.21. The number of rotatable bonds is 4. The molecule has 0 bridgehead atoms. The Bertz CT molecular complexity index is 401. The Morgan fingerprint density at radius 1 is 1.29 bits per heavy atom. The molecule has 0 aliphatic heterocycles. The van der Waals surface area contributed by atoms with Crippen LogP contribution in [0.2, 0.25) is 0 Å². The second kappa shape index (κ2) is 6.00. The van der Waals surface area contributed by atoms with Crippen LogP contribution in [-0.4, -0.2) is 18.5 Å². The molecule has 1 rings (SSSR count). The zero-order valence-electron chi connectivity index (χ0n) is 9.90. The van der Waals surface area contributed by atoms with Crippen LogP contribution < -0.4 is 11.1 Å². The van der Waals surface area contributed by atoms with Crippen molar-refractivity contribution in [2.24, 2.45) is 5.73 Å². The van der Waals surface area contributed by atoms with Gasteiger partial charge in [0.05, 0.1) is 6.04 Å². The average molecular weight is 236 g/mol. The average Bonchev–Trinajstić information content (AvgIpc) is 2.26. The van der Waals surface area contributed by atoms with E-state index in [1.165, 1.54) is 13.8 Å². The zero-order chi connectivity index (χ0) is 12.8. The van der Waals surface area contributed by atoms with Gasteiger partial charge in [0, 0.05) is 19.5 Å². The molecular weight excluding hydrogens is 220 g/mol. The van der Waals surface area contributed by atoms with Gasteiger partial charge in [0.2, 0.25) is 5.91 Å². The third-order valence-electron chi connectivity index (χ3n) is 2.13. The van der Waals surface area contributed by atoms with Crippen LogP contribution in [0.1, 0.15) is 25.5 Å². The molecule has 0 saturated carbocycles. The van der Waals surface area contributed by atoms with Crippen molar-refractivity contribution in [3.05, 3.63) is 29.8 Å². The van der Waals surface area contributed by atoms with E-state index in [0.29, 0.717) is 5.69 Å². The standard InChI is InChI=1S/C12H16N2O3/c1-8(15)14-11-5-3-10(4-6-11)12(13)7-17-9(2)16/h3-6,12H,7,13H2,1-2H3,(H,14,15). The first-order valence-electron chi connectivity index (χ1n) is 5.25. The van der Waals surface area contributed by atoms with Gasteiger partial charge >= 0.3 is 5.97 Å². The predicted molar refractivity (Wildman–Crippen MR) is 64.3 cm³/mol. The lowest BCUT2D eigenvalue weighted by Crippen LogP contribution is -2.18. The number of carbonyl (C=O) groups excluding carboxylic acids is 2. The van der Waals surface area contributed by atoms with Crippen molar-refractivity contribution in [2.75, 3.05) is 11.9 Å². The van der Waals surface area contributed by atoms with E-state index >= 15 is 0 Å². The molecule has 0 heterocycles. The summed E-state index contributed by atoms with van der Waals surface area (Å²) < 4.78 is 4.82. The minimum absolute atomic E-state index is 0.123. The molecule has 5 heteroatoms. The molecule has 0 radical (unpaired) electrons. The molecule has 1 aromatic carbocycles. The van der Waals surface area contributed by atoms with Gasteiger partial charge in [0.15, 0.2) is 0 Å². The molecule has 0 aromatic heterocycles. The summed E-state index contributed by atoms with van der Waals surface area (Å²) >= 11 is 0. The van der Waals surface area contributed by atoms with Crippen molar-refractivity contribution in [3.8, 4) is 0 Å². The number of ether oxygens (including phenoxy) is 1. The van der Waals surface area contributed by atoms with Crippen molar-refractivity contribution in [1.82, 2.24) is 0 Å². The van der Waals surface area contributed by atoms with Gasteiger partial charge in [-0.2, -0.15) is 0 Å². The fourth-order valence-electron chi connectivity index (χ4n) is 1.32. The number of hydrogen-bond acceptors (Lipinski definition) is 4. The van der Waals surface area contributed by atoms with Gasteiger partial charge in [0.25, 0.3) is 0 Å². The normalized spacial score (nSPS) is 11.7. The van der Waals surface area contributed by atoms with Gasteiger partial charge in [-0.15, -0.1) is 0 Å². The monoisotopic (exact) mass is 236 g/mol.